The van der Waals surface area contributed by atoms with Crippen LogP contribution in [0.3, 0.4) is 0 Å². The summed E-state index contributed by atoms with van der Waals surface area (Å²) in [5.74, 6) is 1.97. The van der Waals surface area contributed by atoms with E-state index in [1.165, 1.54) is 450 Å². The highest BCUT2D eigenvalue weighted by atomic mass is 32.1. The monoisotopic (exact) mass is 1590 g/mol. The van der Waals surface area contributed by atoms with E-state index >= 15 is 0 Å². The Kier molecular flexibility index (Phi) is 63.6. The van der Waals surface area contributed by atoms with Crippen molar-refractivity contribution in [3.05, 3.63) is 128 Å². The van der Waals surface area contributed by atoms with Crippen molar-refractivity contribution in [3.8, 4) is 0 Å². The molecule has 0 nitrogen and oxygen atoms in total. The minimum atomic E-state index is -0.826. The van der Waals surface area contributed by atoms with Crippen molar-refractivity contribution >= 4 is 75.8 Å². The van der Waals surface area contributed by atoms with Gasteiger partial charge in [-0.25, -0.2) is 0 Å². The van der Waals surface area contributed by atoms with Crippen LogP contribution in [0.5, 0.6) is 0 Å². The molecule has 4 rings (SSSR count). The molecule has 2 radical (unpaired) electrons. The summed E-state index contributed by atoms with van der Waals surface area (Å²) in [6.07, 6.45) is 94.5. The zero-order chi connectivity index (χ0) is 77.3. The first-order valence-corrected chi connectivity index (χ1v) is 50.2. The fourth-order valence-electron chi connectivity index (χ4n) is 17.6. The standard InChI is InChI=1S/C102H172S6/c1-5-9-13-17-21-25-29-33-37-41-45-49-53-57-61-65-70-88-75-79-92(97(104)84-88)94(74-69-83-103)102(95-81-77-90(86-99(95)106)72-67-63-59-55-51-47-43-39-35-31-27-23-19-15-11-7-3,96-82-78-91(87-100(96)107)73-68-64-60-56-52-48-44-40-36-32-28-24-20-16-12-8-4)101(108)93-80-76-89(85-98(93)105)71-66-62-58-54-50-46-42-38-34-30-26-22-18-14-10-6-2/h75-87,94,103-108H,5-74H2,1-4H3. The molecule has 0 aliphatic carbocycles. The summed E-state index contributed by atoms with van der Waals surface area (Å²) in [4.78, 5) is 4.07. The predicted octanol–water partition coefficient (Wildman–Crippen LogP) is 36.5. The van der Waals surface area contributed by atoms with Gasteiger partial charge in [0.2, 0.25) is 0 Å². The van der Waals surface area contributed by atoms with Crippen LogP contribution in [-0.4, -0.2) is 0 Å². The van der Waals surface area contributed by atoms with Gasteiger partial charge >= 0.3 is 0 Å². The molecule has 1 atom stereocenters. The number of rotatable bonds is 77. The van der Waals surface area contributed by atoms with E-state index in [0.717, 1.165) is 68.9 Å². The number of benzene rings is 4. The summed E-state index contributed by atoms with van der Waals surface area (Å²) in [6, 6.07) is 29.0. The molecule has 0 saturated carbocycles. The molecule has 0 aromatic heterocycles. The van der Waals surface area contributed by atoms with Crippen LogP contribution in [0, 0.1) is 11.0 Å². The third-order valence-corrected chi connectivity index (χ3v) is 26.9. The molecule has 0 heterocycles. The Morgan fingerprint density at radius 2 is 0.481 bits per heavy atom. The second-order valence-corrected chi connectivity index (χ2v) is 36.9. The van der Waals surface area contributed by atoms with Crippen LogP contribution >= 0.6 is 75.8 Å². The fraction of sp³-hybridized carbons (Fsp3) is 0.745. The zero-order valence-electron chi connectivity index (χ0n) is 71.3. The lowest BCUT2D eigenvalue weighted by molar-refractivity contribution is 0.419. The Balaban J connectivity index is 1.59. The first-order chi connectivity index (χ1) is 53.2. The summed E-state index contributed by atoms with van der Waals surface area (Å²) in [5.41, 5.74) is 9.32. The van der Waals surface area contributed by atoms with Crippen LogP contribution in [0.25, 0.3) is 0 Å². The number of thiol groups is 6. The van der Waals surface area contributed by atoms with Gasteiger partial charge < -0.3 is 0 Å². The maximum Gasteiger partial charge on any atom is 0.0729 e. The maximum atomic E-state index is 6.06. The van der Waals surface area contributed by atoms with Crippen molar-refractivity contribution in [2.75, 3.05) is 0 Å². The van der Waals surface area contributed by atoms with Gasteiger partial charge in [-0.1, -0.05) is 461 Å². The quantitative estimate of drug-likeness (QED) is 0.0184. The molecule has 108 heavy (non-hydrogen) atoms. The molecule has 0 aliphatic heterocycles. The SMILES string of the molecule is CCCCCCCCCCCCCCCCCCc1ccc([C](S)C(c2ccc(CCCCCCCCCCCCCCCCCC)cc2S)(c2ccc(CCCCCCCCCCCCCCCCCC)cc2S)C(CC[CH]S)c2ccc(CCCCCCCCCCCCCCCCCC)cc2S)c(S)c1. The molecule has 0 saturated heterocycles. The normalized spacial score (nSPS) is 12.2. The number of hydrogen-bond acceptors (Lipinski definition) is 6. The van der Waals surface area contributed by atoms with Crippen LogP contribution in [-0.2, 0) is 31.1 Å². The summed E-state index contributed by atoms with van der Waals surface area (Å²) >= 11 is 33.5. The predicted molar refractivity (Wildman–Crippen MR) is 505 cm³/mol. The number of unbranched alkanes of at least 4 members (excludes halogenated alkanes) is 60. The van der Waals surface area contributed by atoms with Crippen molar-refractivity contribution in [2.24, 2.45) is 0 Å². The molecule has 6 heteroatoms. The summed E-state index contributed by atoms with van der Waals surface area (Å²) < 4.78 is 0. The smallest absolute Gasteiger partial charge is 0.0729 e. The molecule has 1 unspecified atom stereocenters. The van der Waals surface area contributed by atoms with E-state index in [9.17, 15) is 0 Å². The van der Waals surface area contributed by atoms with E-state index in [-0.39, 0.29) is 5.92 Å². The molecule has 4 aromatic carbocycles. The highest BCUT2D eigenvalue weighted by molar-refractivity contribution is 7.84. The Morgan fingerprint density at radius 3 is 0.704 bits per heavy atom. The van der Waals surface area contributed by atoms with Crippen LogP contribution in [0.15, 0.2) is 92.4 Å². The Labute approximate surface area is 706 Å². The zero-order valence-corrected chi connectivity index (χ0v) is 76.6. The Bertz CT molecular complexity index is 2610. The molecule has 0 N–H and O–H groups in total. The van der Waals surface area contributed by atoms with Gasteiger partial charge in [0.25, 0.3) is 0 Å². The largest absolute Gasteiger partial charge is 0.175 e. The molecular weight excluding hydrogens is 1420 g/mol. The van der Waals surface area contributed by atoms with E-state index in [2.05, 4.69) is 106 Å². The van der Waals surface area contributed by atoms with Crippen molar-refractivity contribution in [3.63, 3.8) is 0 Å². The minimum absolute atomic E-state index is 0.0999. The molecule has 0 bridgehead atoms. The van der Waals surface area contributed by atoms with Gasteiger partial charge in [0.05, 0.1) is 5.25 Å². The van der Waals surface area contributed by atoms with Crippen LogP contribution in [0.1, 0.15) is 502 Å². The summed E-state index contributed by atoms with van der Waals surface area (Å²) in [5, 5.41) is 0.998. The third-order valence-electron chi connectivity index (χ3n) is 24.5. The van der Waals surface area contributed by atoms with Gasteiger partial charge in [-0.05, 0) is 133 Å². The van der Waals surface area contributed by atoms with E-state index in [0.29, 0.717) is 0 Å². The molecular formula is C102H172S6. The second-order valence-electron chi connectivity index (χ2n) is 34.1. The first-order valence-electron chi connectivity index (χ1n) is 47.5. The molecule has 0 fully saturated rings. The lowest BCUT2D eigenvalue weighted by Crippen LogP contribution is -2.41. The van der Waals surface area contributed by atoms with Gasteiger partial charge in [0.15, 0.2) is 0 Å². The summed E-state index contributed by atoms with van der Waals surface area (Å²) in [6.45, 7) is 9.26. The fourth-order valence-corrected chi connectivity index (χ4v) is 20.0. The number of aryl methyl sites for hydroxylation is 4. The van der Waals surface area contributed by atoms with Gasteiger partial charge in [-0.3, -0.25) is 0 Å². The molecule has 0 amide bonds. The average molecular weight is 1590 g/mol. The van der Waals surface area contributed by atoms with Crippen molar-refractivity contribution in [2.45, 2.75) is 508 Å². The van der Waals surface area contributed by atoms with E-state index in [1.54, 1.807) is 0 Å². The number of hydrogen-bond donors (Lipinski definition) is 6. The van der Waals surface area contributed by atoms with E-state index in [1.807, 2.05) is 0 Å². The highest BCUT2D eigenvalue weighted by Gasteiger charge is 2.51. The van der Waals surface area contributed by atoms with E-state index in [4.69, 9.17) is 75.8 Å². The lowest BCUT2D eigenvalue weighted by Gasteiger charge is -2.48. The van der Waals surface area contributed by atoms with Gasteiger partial charge in [0.1, 0.15) is 0 Å². The van der Waals surface area contributed by atoms with Crippen molar-refractivity contribution < 1.29 is 0 Å². The Hall–Kier alpha value is -1.02. The third kappa shape index (κ3) is 44.9. The van der Waals surface area contributed by atoms with Gasteiger partial charge in [0, 0.05) is 36.7 Å². The minimum Gasteiger partial charge on any atom is -0.175 e. The Morgan fingerprint density at radius 1 is 0.269 bits per heavy atom. The first kappa shape index (κ1) is 99.3. The van der Waals surface area contributed by atoms with Gasteiger partial charge in [-0.2, -0.15) is 25.3 Å². The topological polar surface area (TPSA) is 0 Å². The average Bonchev–Trinajstić information content (AvgIpc) is 0.714. The van der Waals surface area contributed by atoms with Crippen LogP contribution in [0.4, 0.5) is 0 Å². The molecule has 0 spiro atoms. The molecule has 0 aliphatic rings. The second kappa shape index (κ2) is 69.1. The van der Waals surface area contributed by atoms with Crippen molar-refractivity contribution in [1.29, 1.82) is 0 Å². The van der Waals surface area contributed by atoms with Crippen molar-refractivity contribution in [1.82, 2.24) is 0 Å². The molecule has 4 aromatic rings. The van der Waals surface area contributed by atoms with Gasteiger partial charge in [-0.15, -0.1) is 50.5 Å². The maximum absolute atomic E-state index is 6.06. The van der Waals surface area contributed by atoms with E-state index < -0.39 is 5.41 Å². The van der Waals surface area contributed by atoms with Crippen LogP contribution < -0.4 is 0 Å². The van der Waals surface area contributed by atoms with Crippen LogP contribution in [0.2, 0.25) is 0 Å². The summed E-state index contributed by atoms with van der Waals surface area (Å²) in [7, 11) is 0. The lowest BCUT2D eigenvalue weighted by atomic mass is 9.59. The molecule has 616 valence electrons. The highest BCUT2D eigenvalue weighted by Crippen LogP contribution is 2.60.